The maximum atomic E-state index is 13.5. The minimum atomic E-state index is -4.69. The molecule has 0 atom stereocenters. The molecule has 0 fully saturated rings. The quantitative estimate of drug-likeness (QED) is 0.454. The third-order valence-electron chi connectivity index (χ3n) is 4.48. The van der Waals surface area contributed by atoms with Gasteiger partial charge in [0.15, 0.2) is 0 Å². The molecule has 0 aliphatic carbocycles. The first-order valence-electron chi connectivity index (χ1n) is 9.54. The zero-order valence-corrected chi connectivity index (χ0v) is 18.0. The molecule has 0 amide bonds. The number of alkyl halides is 3. The molecule has 2 heterocycles. The van der Waals surface area contributed by atoms with Gasteiger partial charge in [-0.15, -0.1) is 0 Å². The maximum Gasteiger partial charge on any atom is 0.421 e. The van der Waals surface area contributed by atoms with E-state index in [4.69, 9.17) is 0 Å². The summed E-state index contributed by atoms with van der Waals surface area (Å²) in [6.45, 7) is 3.02. The fraction of sp³-hybridized carbons (Fsp3) is 0.250. The summed E-state index contributed by atoms with van der Waals surface area (Å²) in [7, 11) is -3.62. The van der Waals surface area contributed by atoms with Crippen molar-refractivity contribution in [2.75, 3.05) is 21.1 Å². The number of rotatable bonds is 8. The van der Waals surface area contributed by atoms with Crippen LogP contribution in [0.1, 0.15) is 23.6 Å². The second-order valence-corrected chi connectivity index (χ2v) is 8.77. The molecule has 0 saturated carbocycles. The van der Waals surface area contributed by atoms with Crippen molar-refractivity contribution in [3.8, 4) is 0 Å². The molecule has 32 heavy (non-hydrogen) atoms. The number of sulfonamides is 1. The lowest BCUT2D eigenvalue weighted by Crippen LogP contribution is -2.19. The summed E-state index contributed by atoms with van der Waals surface area (Å²) in [4.78, 5) is 11.8. The molecular weight excluding hydrogens is 445 g/mol. The molecule has 170 valence electrons. The SMILES string of the molecule is CCS(=O)(=O)Nc1nccc(C)c1CNc1nc(Nc2ccccc2)ncc1C(F)(F)F. The van der Waals surface area contributed by atoms with Gasteiger partial charge in [-0.05, 0) is 37.6 Å². The van der Waals surface area contributed by atoms with Crippen molar-refractivity contribution in [2.24, 2.45) is 0 Å². The van der Waals surface area contributed by atoms with Crippen LogP contribution in [0.5, 0.6) is 0 Å². The number of aromatic nitrogens is 3. The van der Waals surface area contributed by atoms with Gasteiger partial charge in [0, 0.05) is 30.2 Å². The fourth-order valence-electron chi connectivity index (χ4n) is 2.73. The van der Waals surface area contributed by atoms with Crippen molar-refractivity contribution in [1.29, 1.82) is 0 Å². The Hall–Kier alpha value is -3.41. The van der Waals surface area contributed by atoms with E-state index in [1.165, 1.54) is 13.1 Å². The Morgan fingerprint density at radius 2 is 1.75 bits per heavy atom. The number of hydrogen-bond acceptors (Lipinski definition) is 7. The monoisotopic (exact) mass is 466 g/mol. The molecule has 1 aromatic carbocycles. The molecule has 0 aliphatic heterocycles. The Morgan fingerprint density at radius 3 is 2.41 bits per heavy atom. The molecule has 3 N–H and O–H groups in total. The van der Waals surface area contributed by atoms with Gasteiger partial charge in [0.2, 0.25) is 16.0 Å². The molecule has 3 rings (SSSR count). The maximum absolute atomic E-state index is 13.5. The predicted molar refractivity (Wildman–Crippen MR) is 116 cm³/mol. The number of aryl methyl sites for hydroxylation is 1. The average molecular weight is 466 g/mol. The van der Waals surface area contributed by atoms with Gasteiger partial charge < -0.3 is 10.6 Å². The summed E-state index contributed by atoms with van der Waals surface area (Å²) in [5.74, 6) is -0.599. The number of pyridine rings is 1. The topological polar surface area (TPSA) is 109 Å². The molecule has 0 unspecified atom stereocenters. The number of nitrogens with zero attached hydrogens (tertiary/aromatic N) is 3. The van der Waals surface area contributed by atoms with Crippen molar-refractivity contribution < 1.29 is 21.6 Å². The van der Waals surface area contributed by atoms with Crippen LogP contribution >= 0.6 is 0 Å². The highest BCUT2D eigenvalue weighted by molar-refractivity contribution is 7.92. The zero-order chi connectivity index (χ0) is 23.4. The van der Waals surface area contributed by atoms with Crippen LogP contribution in [-0.4, -0.2) is 29.1 Å². The number of para-hydroxylation sites is 1. The molecule has 2 aromatic heterocycles. The van der Waals surface area contributed by atoms with Crippen molar-refractivity contribution in [3.63, 3.8) is 0 Å². The first kappa shape index (κ1) is 23.3. The van der Waals surface area contributed by atoms with E-state index < -0.39 is 27.6 Å². The van der Waals surface area contributed by atoms with Crippen LogP contribution in [-0.2, 0) is 22.7 Å². The highest BCUT2D eigenvalue weighted by Crippen LogP contribution is 2.34. The number of anilines is 4. The van der Waals surface area contributed by atoms with Crippen molar-refractivity contribution in [3.05, 3.63) is 65.5 Å². The molecule has 0 saturated heterocycles. The molecule has 8 nitrogen and oxygen atoms in total. The molecule has 0 bridgehead atoms. The largest absolute Gasteiger partial charge is 0.421 e. The number of nitrogens with one attached hydrogen (secondary N) is 3. The summed E-state index contributed by atoms with van der Waals surface area (Å²) in [6, 6.07) is 10.4. The standard InChI is InChI=1S/C20H21F3N6O2S/c1-3-32(30,31)29-17-15(13(2)9-10-24-17)11-25-18-16(20(21,22)23)12-26-19(28-18)27-14-7-5-4-6-8-14/h4-10,12H,3,11H2,1-2H3,(H,24,29)(H2,25,26,27,28). The van der Waals surface area contributed by atoms with Gasteiger partial charge in [-0.2, -0.15) is 18.2 Å². The summed E-state index contributed by atoms with van der Waals surface area (Å²) in [5.41, 5.74) is 0.603. The van der Waals surface area contributed by atoms with Gasteiger partial charge in [-0.25, -0.2) is 18.4 Å². The van der Waals surface area contributed by atoms with Gasteiger partial charge in [0.05, 0.1) is 5.75 Å². The summed E-state index contributed by atoms with van der Waals surface area (Å²) in [6.07, 6.45) is -2.58. The highest BCUT2D eigenvalue weighted by atomic mass is 32.2. The Kier molecular flexibility index (Phi) is 6.82. The van der Waals surface area contributed by atoms with Crippen LogP contribution in [0, 0.1) is 6.92 Å². The van der Waals surface area contributed by atoms with Crippen LogP contribution in [0.4, 0.5) is 36.4 Å². The van der Waals surface area contributed by atoms with Gasteiger partial charge in [0.25, 0.3) is 0 Å². The first-order valence-corrected chi connectivity index (χ1v) is 11.2. The van der Waals surface area contributed by atoms with Gasteiger partial charge >= 0.3 is 6.18 Å². The smallest absolute Gasteiger partial charge is 0.365 e. The van der Waals surface area contributed by atoms with E-state index in [1.807, 2.05) is 0 Å². The Morgan fingerprint density at radius 1 is 1.03 bits per heavy atom. The normalized spacial score (nSPS) is 11.8. The lowest BCUT2D eigenvalue weighted by Gasteiger charge is -2.17. The third kappa shape index (κ3) is 5.84. The van der Waals surface area contributed by atoms with Crippen LogP contribution in [0.3, 0.4) is 0 Å². The average Bonchev–Trinajstić information content (AvgIpc) is 2.73. The molecular formula is C20H21F3N6O2S. The van der Waals surface area contributed by atoms with Gasteiger partial charge in [-0.3, -0.25) is 4.72 Å². The van der Waals surface area contributed by atoms with E-state index >= 15 is 0 Å². The highest BCUT2D eigenvalue weighted by Gasteiger charge is 2.35. The van der Waals surface area contributed by atoms with Gasteiger partial charge in [0.1, 0.15) is 17.2 Å². The first-order chi connectivity index (χ1) is 15.1. The second kappa shape index (κ2) is 9.39. The van der Waals surface area contributed by atoms with Crippen LogP contribution in [0.2, 0.25) is 0 Å². The minimum Gasteiger partial charge on any atom is -0.365 e. The van der Waals surface area contributed by atoms with E-state index in [9.17, 15) is 21.6 Å². The second-order valence-electron chi connectivity index (χ2n) is 6.76. The molecule has 0 aliphatic rings. The van der Waals surface area contributed by atoms with Crippen molar-refractivity contribution in [1.82, 2.24) is 15.0 Å². The molecule has 3 aromatic rings. The lowest BCUT2D eigenvalue weighted by atomic mass is 10.1. The zero-order valence-electron chi connectivity index (χ0n) is 17.2. The van der Waals surface area contributed by atoms with E-state index in [2.05, 4.69) is 30.3 Å². The lowest BCUT2D eigenvalue weighted by molar-refractivity contribution is -0.137. The molecule has 12 heteroatoms. The van der Waals surface area contributed by atoms with E-state index in [1.54, 1.807) is 43.3 Å². The van der Waals surface area contributed by atoms with E-state index in [0.717, 1.165) is 0 Å². The van der Waals surface area contributed by atoms with E-state index in [0.29, 0.717) is 23.0 Å². The van der Waals surface area contributed by atoms with Crippen LogP contribution in [0.25, 0.3) is 0 Å². The van der Waals surface area contributed by atoms with Gasteiger partial charge in [-0.1, -0.05) is 18.2 Å². The predicted octanol–water partition coefficient (Wildman–Crippen LogP) is 4.32. The number of halogens is 3. The number of hydrogen-bond donors (Lipinski definition) is 3. The summed E-state index contributed by atoms with van der Waals surface area (Å²) >= 11 is 0. The van der Waals surface area contributed by atoms with E-state index in [-0.39, 0.29) is 24.1 Å². The molecule has 0 spiro atoms. The number of benzene rings is 1. The Bertz CT molecular complexity index is 1190. The minimum absolute atomic E-state index is 0.0264. The van der Waals surface area contributed by atoms with Crippen molar-refractivity contribution in [2.45, 2.75) is 26.6 Å². The third-order valence-corrected chi connectivity index (χ3v) is 5.74. The Labute approximate surface area is 183 Å². The molecule has 0 radical (unpaired) electrons. The van der Waals surface area contributed by atoms with Crippen LogP contribution in [0.15, 0.2) is 48.8 Å². The summed E-state index contributed by atoms with van der Waals surface area (Å²) in [5, 5.41) is 5.51. The fourth-order valence-corrected chi connectivity index (χ4v) is 3.34. The Balaban J connectivity index is 1.92. The van der Waals surface area contributed by atoms with Crippen molar-refractivity contribution >= 4 is 33.3 Å². The summed E-state index contributed by atoms with van der Waals surface area (Å²) < 4.78 is 66.8. The van der Waals surface area contributed by atoms with Crippen LogP contribution < -0.4 is 15.4 Å².